The predicted molar refractivity (Wildman–Crippen MR) is 41.7 cm³/mol. The summed E-state index contributed by atoms with van der Waals surface area (Å²) in [5.41, 5.74) is 0. The Kier molecular flexibility index (Phi) is 6.81. The average Bonchev–Trinajstić information content (AvgIpc) is 2.67. The second kappa shape index (κ2) is 7.33. The zero-order chi connectivity index (χ0) is 7.07. The zero-order valence-electron chi connectivity index (χ0n) is 5.97. The van der Waals surface area contributed by atoms with Crippen LogP contribution in [0.1, 0.15) is 0 Å². The second-order valence-electron chi connectivity index (χ2n) is 1.77. The fourth-order valence-electron chi connectivity index (χ4n) is 0.556. The molecule has 0 spiro atoms. The van der Waals surface area contributed by atoms with Crippen LogP contribution in [0.15, 0.2) is 48.5 Å². The minimum Gasteiger partial charge on any atom is -0.376 e. The van der Waals surface area contributed by atoms with Crippen LogP contribution in [0.4, 0.5) is 0 Å². The van der Waals surface area contributed by atoms with Crippen molar-refractivity contribution in [2.45, 2.75) is 0 Å². The van der Waals surface area contributed by atoms with Gasteiger partial charge in [-0.2, -0.15) is 0 Å². The molecule has 0 aliphatic rings. The summed E-state index contributed by atoms with van der Waals surface area (Å²) < 4.78 is 0. The fraction of sp³-hybridized carbons (Fsp3) is 0. The third kappa shape index (κ3) is 5.65. The predicted octanol–water partition coefficient (Wildman–Crippen LogP) is 2.41. The largest absolute Gasteiger partial charge is 3.00 e. The summed E-state index contributed by atoms with van der Waals surface area (Å²) in [6, 6.07) is 21.0. The summed E-state index contributed by atoms with van der Waals surface area (Å²) in [5.74, 6) is 0. The molecule has 1 radical (unpaired) electrons. The molecule has 0 N–H and O–H groups in total. The van der Waals surface area contributed by atoms with Gasteiger partial charge in [-0.3, -0.25) is 0 Å². The summed E-state index contributed by atoms with van der Waals surface area (Å²) >= 11 is 0. The third-order valence-corrected chi connectivity index (χ3v) is 0.992. The van der Waals surface area contributed by atoms with Crippen LogP contribution in [0.3, 0.4) is 0 Å². The second-order valence-corrected chi connectivity index (χ2v) is 1.77. The summed E-state index contributed by atoms with van der Waals surface area (Å²) in [5, 5.41) is 0. The Morgan fingerprint density at radius 1 is 0.818 bits per heavy atom. The van der Waals surface area contributed by atoms with E-state index >= 15 is 0 Å². The molecular weight excluding hydrogens is 176 g/mol. The Hall–Kier alpha value is -0.781. The number of rotatable bonds is 0. The first kappa shape index (κ1) is 10.2. The fourth-order valence-corrected chi connectivity index (χ4v) is 0.556. The van der Waals surface area contributed by atoms with Crippen molar-refractivity contribution in [3.63, 3.8) is 0 Å². The van der Waals surface area contributed by atoms with Crippen LogP contribution in [-0.4, -0.2) is 0 Å². The van der Waals surface area contributed by atoms with Crippen molar-refractivity contribution < 1.29 is 17.1 Å². The van der Waals surface area contributed by atoms with E-state index in [4.69, 9.17) is 0 Å². The monoisotopic (exact) mass is 184 g/mol. The van der Waals surface area contributed by atoms with Gasteiger partial charge in [0.15, 0.2) is 0 Å². The van der Waals surface area contributed by atoms with Gasteiger partial charge in [-0.25, -0.2) is 0 Å². The molecule has 57 valence electrons. The van der Waals surface area contributed by atoms with E-state index in [-0.39, 0.29) is 17.1 Å². The standard InChI is InChI=1S/2C5H4.Fe/c2*1-2-4-5-3-1;/h2*1-4H;/q2*-2;+3. The molecule has 0 aromatic heterocycles. The van der Waals surface area contributed by atoms with Gasteiger partial charge in [0.25, 0.3) is 0 Å². The van der Waals surface area contributed by atoms with E-state index in [1.165, 1.54) is 0 Å². The minimum atomic E-state index is 0. The Balaban J connectivity index is 0.000000167. The molecule has 0 aliphatic heterocycles. The van der Waals surface area contributed by atoms with Gasteiger partial charge in [-0.15, -0.1) is 0 Å². The number of hydrogen-bond donors (Lipinski definition) is 0. The maximum atomic E-state index is 2.86. The van der Waals surface area contributed by atoms with E-state index in [2.05, 4.69) is 12.1 Å². The molecule has 2 aromatic rings. The minimum absolute atomic E-state index is 0. The smallest absolute Gasteiger partial charge is 0.376 e. The van der Waals surface area contributed by atoms with Crippen LogP contribution in [0.25, 0.3) is 0 Å². The maximum Gasteiger partial charge on any atom is 3.00 e. The van der Waals surface area contributed by atoms with Gasteiger partial charge in [-0.05, 0) is 0 Å². The Labute approximate surface area is 78.1 Å². The average molecular weight is 184 g/mol. The molecule has 11 heavy (non-hydrogen) atoms. The van der Waals surface area contributed by atoms with Crippen molar-refractivity contribution in [2.24, 2.45) is 0 Å². The van der Waals surface area contributed by atoms with Crippen molar-refractivity contribution >= 4 is 0 Å². The summed E-state index contributed by atoms with van der Waals surface area (Å²) in [4.78, 5) is 0. The summed E-state index contributed by atoms with van der Waals surface area (Å²) in [7, 11) is 0. The van der Waals surface area contributed by atoms with Crippen LogP contribution in [0.2, 0.25) is 0 Å². The molecule has 0 fully saturated rings. The first-order chi connectivity index (χ1) is 5.00. The van der Waals surface area contributed by atoms with E-state index in [1.54, 1.807) is 0 Å². The van der Waals surface area contributed by atoms with Gasteiger partial charge < -0.3 is 60.7 Å². The van der Waals surface area contributed by atoms with Crippen molar-refractivity contribution in [3.8, 4) is 0 Å². The third-order valence-electron chi connectivity index (χ3n) is 0.992. The van der Waals surface area contributed by atoms with Crippen molar-refractivity contribution in [2.75, 3.05) is 0 Å². The Morgan fingerprint density at radius 3 is 1.36 bits per heavy atom. The van der Waals surface area contributed by atoms with Crippen molar-refractivity contribution in [1.82, 2.24) is 0 Å². The Morgan fingerprint density at radius 2 is 1.27 bits per heavy atom. The van der Waals surface area contributed by atoms with E-state index in [9.17, 15) is 0 Å². The SMILES string of the molecule is [Fe+3].[c-]1cc[cH-]c1.[c-]1cc[cH-]c1. The van der Waals surface area contributed by atoms with Crippen LogP contribution in [0.5, 0.6) is 0 Å². The molecule has 0 heterocycles. The van der Waals surface area contributed by atoms with Gasteiger partial charge in [0, 0.05) is 0 Å². The molecule has 0 aliphatic carbocycles. The van der Waals surface area contributed by atoms with Crippen LogP contribution < -0.4 is 0 Å². The van der Waals surface area contributed by atoms with Crippen molar-refractivity contribution in [3.05, 3.63) is 60.7 Å². The molecule has 0 bridgehead atoms. The molecule has 1 heteroatoms. The topological polar surface area (TPSA) is 0 Å². The Bertz CT molecular complexity index is 144. The molecule has 0 saturated heterocycles. The van der Waals surface area contributed by atoms with E-state index in [0.717, 1.165) is 0 Å². The van der Waals surface area contributed by atoms with Crippen LogP contribution in [-0.2, 0) is 17.1 Å². The molecular formula is C10H8Fe-. The summed E-state index contributed by atoms with van der Waals surface area (Å²) in [6.07, 6.45) is 0. The molecule has 2 aromatic carbocycles. The van der Waals surface area contributed by atoms with Gasteiger partial charge >= 0.3 is 17.1 Å². The maximum absolute atomic E-state index is 2.86. The van der Waals surface area contributed by atoms with Crippen LogP contribution >= 0.6 is 0 Å². The molecule has 0 unspecified atom stereocenters. The quantitative estimate of drug-likeness (QED) is 0.435. The summed E-state index contributed by atoms with van der Waals surface area (Å²) in [6.45, 7) is 0. The van der Waals surface area contributed by atoms with E-state index in [1.807, 2.05) is 48.5 Å². The van der Waals surface area contributed by atoms with Gasteiger partial charge in [-0.1, -0.05) is 0 Å². The first-order valence-electron chi connectivity index (χ1n) is 3.15. The molecule has 2 rings (SSSR count). The zero-order valence-corrected chi connectivity index (χ0v) is 7.08. The van der Waals surface area contributed by atoms with Crippen LogP contribution in [0, 0.1) is 12.1 Å². The molecule has 0 nitrogen and oxygen atoms in total. The van der Waals surface area contributed by atoms with Gasteiger partial charge in [0.1, 0.15) is 0 Å². The van der Waals surface area contributed by atoms with E-state index < -0.39 is 0 Å². The molecule has 0 amide bonds. The molecule has 0 saturated carbocycles. The molecule has 0 atom stereocenters. The van der Waals surface area contributed by atoms with Gasteiger partial charge in [0.2, 0.25) is 0 Å². The van der Waals surface area contributed by atoms with Gasteiger partial charge in [0.05, 0.1) is 0 Å². The first-order valence-corrected chi connectivity index (χ1v) is 3.15. The normalized spacial score (nSPS) is 7.27. The van der Waals surface area contributed by atoms with Crippen molar-refractivity contribution in [1.29, 1.82) is 0 Å². The van der Waals surface area contributed by atoms with E-state index in [0.29, 0.717) is 0 Å². The number of hydrogen-bond acceptors (Lipinski definition) is 0.